The summed E-state index contributed by atoms with van der Waals surface area (Å²) in [7, 11) is 0. The predicted octanol–water partition coefficient (Wildman–Crippen LogP) is 4.19. The van der Waals surface area contributed by atoms with Gasteiger partial charge in [0.25, 0.3) is 5.91 Å². The molecule has 2 aromatic rings. The molecule has 110 valence electrons. The van der Waals surface area contributed by atoms with Crippen LogP contribution >= 0.6 is 27.5 Å². The molecule has 0 fully saturated rings. The molecule has 2 aromatic carbocycles. The predicted molar refractivity (Wildman–Crippen MR) is 87.5 cm³/mol. The second kappa shape index (κ2) is 7.48. The molecule has 1 N–H and O–H groups in total. The molecule has 0 saturated heterocycles. The summed E-state index contributed by atoms with van der Waals surface area (Å²) < 4.78 is 6.45. The molecule has 0 heterocycles. The van der Waals surface area contributed by atoms with E-state index in [4.69, 9.17) is 16.3 Å². The molecular weight excluding hydrogens is 354 g/mol. The van der Waals surface area contributed by atoms with Crippen molar-refractivity contribution < 1.29 is 9.53 Å². The molecule has 0 aliphatic heterocycles. The number of carbonyl (C=O) groups is 1. The molecule has 0 radical (unpaired) electrons. The van der Waals surface area contributed by atoms with Crippen LogP contribution < -0.4 is 10.1 Å². The summed E-state index contributed by atoms with van der Waals surface area (Å²) in [5.74, 6) is 0.448. The van der Waals surface area contributed by atoms with Gasteiger partial charge in [-0.2, -0.15) is 0 Å². The van der Waals surface area contributed by atoms with Crippen molar-refractivity contribution in [1.82, 2.24) is 5.32 Å². The van der Waals surface area contributed by atoms with Crippen LogP contribution in [0.25, 0.3) is 0 Å². The lowest BCUT2D eigenvalue weighted by Crippen LogP contribution is -2.36. The number of amides is 1. The van der Waals surface area contributed by atoms with Crippen LogP contribution in [-0.4, -0.2) is 12.0 Å². The number of nitrogens with one attached hydrogen (secondary N) is 1. The first kappa shape index (κ1) is 15.9. The van der Waals surface area contributed by atoms with Crippen LogP contribution in [0, 0.1) is 0 Å². The summed E-state index contributed by atoms with van der Waals surface area (Å²) in [5, 5.41) is 3.45. The van der Waals surface area contributed by atoms with E-state index in [1.165, 1.54) is 0 Å². The molecule has 1 unspecified atom stereocenters. The van der Waals surface area contributed by atoms with Gasteiger partial charge in [-0.1, -0.05) is 41.9 Å². The van der Waals surface area contributed by atoms with Crippen molar-refractivity contribution in [3.05, 3.63) is 63.6 Å². The maximum absolute atomic E-state index is 12.0. The molecule has 5 heteroatoms. The van der Waals surface area contributed by atoms with Gasteiger partial charge >= 0.3 is 0 Å². The summed E-state index contributed by atoms with van der Waals surface area (Å²) >= 11 is 9.43. The summed E-state index contributed by atoms with van der Waals surface area (Å²) in [6, 6.07) is 14.8. The number of halogens is 2. The second-order valence-electron chi connectivity index (χ2n) is 4.50. The largest absolute Gasteiger partial charge is 0.480 e. The number of para-hydroxylation sites is 1. The highest BCUT2D eigenvalue weighted by Gasteiger charge is 2.15. The maximum Gasteiger partial charge on any atom is 0.261 e. The third-order valence-electron chi connectivity index (χ3n) is 2.92. The summed E-state index contributed by atoms with van der Waals surface area (Å²) in [5.41, 5.74) is 0.876. The SMILES string of the molecule is CC(Oc1ccccc1Br)C(=O)NCc1ccccc1Cl. The molecule has 0 bridgehead atoms. The standard InChI is InChI=1S/C16H15BrClNO2/c1-11(21-15-9-5-3-7-13(15)17)16(20)19-10-12-6-2-4-8-14(12)18/h2-9,11H,10H2,1H3,(H,19,20). The zero-order valence-corrected chi connectivity index (χ0v) is 13.8. The van der Waals surface area contributed by atoms with Crippen molar-refractivity contribution in [3.8, 4) is 5.75 Å². The van der Waals surface area contributed by atoms with Crippen LogP contribution in [-0.2, 0) is 11.3 Å². The van der Waals surface area contributed by atoms with Crippen molar-refractivity contribution in [3.63, 3.8) is 0 Å². The van der Waals surface area contributed by atoms with Gasteiger partial charge in [0.05, 0.1) is 4.47 Å². The lowest BCUT2D eigenvalue weighted by atomic mass is 10.2. The molecule has 1 amide bonds. The lowest BCUT2D eigenvalue weighted by Gasteiger charge is -2.16. The van der Waals surface area contributed by atoms with Crippen LogP contribution in [0.1, 0.15) is 12.5 Å². The van der Waals surface area contributed by atoms with Gasteiger partial charge in [-0.05, 0) is 46.6 Å². The smallest absolute Gasteiger partial charge is 0.261 e. The van der Waals surface area contributed by atoms with Gasteiger partial charge in [-0.3, -0.25) is 4.79 Å². The van der Waals surface area contributed by atoms with Gasteiger partial charge in [-0.25, -0.2) is 0 Å². The van der Waals surface area contributed by atoms with E-state index in [-0.39, 0.29) is 5.91 Å². The van der Waals surface area contributed by atoms with Crippen molar-refractivity contribution in [1.29, 1.82) is 0 Å². The van der Waals surface area contributed by atoms with Crippen LogP contribution in [0.2, 0.25) is 5.02 Å². The Hall–Kier alpha value is -1.52. The molecule has 1 atom stereocenters. The molecular formula is C16H15BrClNO2. The monoisotopic (exact) mass is 367 g/mol. The Balaban J connectivity index is 1.91. The number of carbonyl (C=O) groups excluding carboxylic acids is 1. The van der Waals surface area contributed by atoms with Crippen molar-refractivity contribution in [2.24, 2.45) is 0 Å². The zero-order valence-electron chi connectivity index (χ0n) is 11.5. The molecule has 0 aromatic heterocycles. The fourth-order valence-corrected chi connectivity index (χ4v) is 2.33. The van der Waals surface area contributed by atoms with Crippen LogP contribution in [0.15, 0.2) is 53.0 Å². The normalized spacial score (nSPS) is 11.8. The van der Waals surface area contributed by atoms with Gasteiger partial charge in [0.2, 0.25) is 0 Å². The molecule has 0 saturated carbocycles. The number of rotatable bonds is 5. The molecule has 0 aliphatic rings. The first-order valence-corrected chi connectivity index (χ1v) is 7.67. The van der Waals surface area contributed by atoms with Crippen molar-refractivity contribution in [2.45, 2.75) is 19.6 Å². The maximum atomic E-state index is 12.0. The minimum Gasteiger partial charge on any atom is -0.480 e. The Morgan fingerprint density at radius 1 is 1.24 bits per heavy atom. The number of hydrogen-bond acceptors (Lipinski definition) is 2. The number of benzene rings is 2. The van der Waals surface area contributed by atoms with E-state index >= 15 is 0 Å². The minimum absolute atomic E-state index is 0.189. The minimum atomic E-state index is -0.591. The lowest BCUT2D eigenvalue weighted by molar-refractivity contribution is -0.127. The first-order chi connectivity index (χ1) is 10.1. The quantitative estimate of drug-likeness (QED) is 0.859. The van der Waals surface area contributed by atoms with Gasteiger partial charge in [0.15, 0.2) is 6.10 Å². The third-order valence-corrected chi connectivity index (χ3v) is 3.94. The molecule has 0 aliphatic carbocycles. The van der Waals surface area contributed by atoms with E-state index in [0.29, 0.717) is 17.3 Å². The molecule has 2 rings (SSSR count). The molecule has 0 spiro atoms. The highest BCUT2D eigenvalue weighted by Crippen LogP contribution is 2.24. The van der Waals surface area contributed by atoms with Crippen LogP contribution in [0.4, 0.5) is 0 Å². The Labute approximate surface area is 137 Å². The van der Waals surface area contributed by atoms with Gasteiger partial charge in [-0.15, -0.1) is 0 Å². The van der Waals surface area contributed by atoms with E-state index < -0.39 is 6.10 Å². The Kier molecular flexibility index (Phi) is 5.65. The first-order valence-electron chi connectivity index (χ1n) is 6.50. The summed E-state index contributed by atoms with van der Waals surface area (Å²) in [6.07, 6.45) is -0.591. The van der Waals surface area contributed by atoms with Gasteiger partial charge < -0.3 is 10.1 Å². The van der Waals surface area contributed by atoms with Crippen LogP contribution in [0.3, 0.4) is 0 Å². The number of ether oxygens (including phenoxy) is 1. The topological polar surface area (TPSA) is 38.3 Å². The second-order valence-corrected chi connectivity index (χ2v) is 5.76. The van der Waals surface area contributed by atoms with E-state index in [0.717, 1.165) is 10.0 Å². The third kappa shape index (κ3) is 4.48. The fraction of sp³-hybridized carbons (Fsp3) is 0.188. The van der Waals surface area contributed by atoms with Gasteiger partial charge in [0, 0.05) is 11.6 Å². The zero-order chi connectivity index (χ0) is 15.2. The van der Waals surface area contributed by atoms with E-state index in [1.807, 2.05) is 42.5 Å². The van der Waals surface area contributed by atoms with Crippen molar-refractivity contribution in [2.75, 3.05) is 0 Å². The Morgan fingerprint density at radius 2 is 1.90 bits per heavy atom. The highest BCUT2D eigenvalue weighted by molar-refractivity contribution is 9.10. The summed E-state index contributed by atoms with van der Waals surface area (Å²) in [6.45, 7) is 2.09. The van der Waals surface area contributed by atoms with Crippen LogP contribution in [0.5, 0.6) is 5.75 Å². The Morgan fingerprint density at radius 3 is 2.62 bits per heavy atom. The molecule has 3 nitrogen and oxygen atoms in total. The van der Waals surface area contributed by atoms with E-state index in [1.54, 1.807) is 13.0 Å². The Bertz CT molecular complexity index is 633. The van der Waals surface area contributed by atoms with E-state index in [2.05, 4.69) is 21.2 Å². The van der Waals surface area contributed by atoms with Crippen molar-refractivity contribution >= 4 is 33.4 Å². The fourth-order valence-electron chi connectivity index (χ4n) is 1.75. The highest BCUT2D eigenvalue weighted by atomic mass is 79.9. The average molecular weight is 369 g/mol. The summed E-state index contributed by atoms with van der Waals surface area (Å²) in [4.78, 5) is 12.0. The van der Waals surface area contributed by atoms with Gasteiger partial charge in [0.1, 0.15) is 5.75 Å². The number of hydrogen-bond donors (Lipinski definition) is 1. The van der Waals surface area contributed by atoms with E-state index in [9.17, 15) is 4.79 Å². The average Bonchev–Trinajstić information content (AvgIpc) is 2.48. The molecule has 21 heavy (non-hydrogen) atoms.